The minimum Gasteiger partial charge on any atom is -0.368 e. The molecule has 0 aromatic carbocycles. The molecule has 0 aliphatic carbocycles. The Kier molecular flexibility index (Phi) is 4.88. The molecular formula is C17H23N7O3. The molecule has 0 spiro atoms. The number of hydrogen-bond donors (Lipinski definition) is 0. The maximum absolute atomic E-state index is 12.6. The van der Waals surface area contributed by atoms with Gasteiger partial charge < -0.3 is 14.5 Å². The summed E-state index contributed by atoms with van der Waals surface area (Å²) < 4.78 is 8.36. The fourth-order valence-corrected chi connectivity index (χ4v) is 3.42. The van der Waals surface area contributed by atoms with Gasteiger partial charge in [-0.15, -0.1) is 0 Å². The van der Waals surface area contributed by atoms with E-state index in [1.165, 1.54) is 15.6 Å². The molecule has 10 heteroatoms. The number of amides is 1. The van der Waals surface area contributed by atoms with Crippen LogP contribution in [0, 0.1) is 0 Å². The predicted octanol–water partition coefficient (Wildman–Crippen LogP) is -0.428. The molecule has 144 valence electrons. The second-order valence-electron chi connectivity index (χ2n) is 6.86. The number of hydrogen-bond acceptors (Lipinski definition) is 7. The SMILES string of the molecule is Cn1cnn(CC(=O)N2CCOC(c3ccnc(N4CCCC4)n3)C2)c1=O. The average Bonchev–Trinajstić information content (AvgIpc) is 3.34. The number of carbonyl (C=O) groups excluding carboxylic acids is 1. The van der Waals surface area contributed by atoms with Crippen molar-refractivity contribution in [2.45, 2.75) is 25.5 Å². The van der Waals surface area contributed by atoms with Crippen LogP contribution >= 0.6 is 0 Å². The Hall–Kier alpha value is -2.75. The number of carbonyl (C=O) groups is 1. The summed E-state index contributed by atoms with van der Waals surface area (Å²) in [5, 5.41) is 3.95. The van der Waals surface area contributed by atoms with Crippen LogP contribution in [0.25, 0.3) is 0 Å². The van der Waals surface area contributed by atoms with Gasteiger partial charge in [-0.1, -0.05) is 0 Å². The molecule has 0 bridgehead atoms. The van der Waals surface area contributed by atoms with Crippen molar-refractivity contribution in [3.05, 3.63) is 34.8 Å². The zero-order valence-corrected chi connectivity index (χ0v) is 15.3. The first kappa shape index (κ1) is 17.7. The number of anilines is 1. The zero-order valence-electron chi connectivity index (χ0n) is 15.3. The molecule has 1 atom stereocenters. The van der Waals surface area contributed by atoms with Crippen LogP contribution in [0.1, 0.15) is 24.6 Å². The number of morpholine rings is 1. The van der Waals surface area contributed by atoms with Gasteiger partial charge in [-0.3, -0.25) is 9.36 Å². The Labute approximate surface area is 156 Å². The Bertz CT molecular complexity index is 871. The molecule has 2 aromatic rings. The van der Waals surface area contributed by atoms with E-state index in [-0.39, 0.29) is 24.2 Å². The largest absolute Gasteiger partial charge is 0.368 e. The van der Waals surface area contributed by atoms with Gasteiger partial charge in [0.1, 0.15) is 19.0 Å². The Balaban J connectivity index is 1.44. The molecule has 2 saturated heterocycles. The van der Waals surface area contributed by atoms with Gasteiger partial charge in [-0.25, -0.2) is 19.4 Å². The summed E-state index contributed by atoms with van der Waals surface area (Å²) in [6.45, 7) is 3.18. The summed E-state index contributed by atoms with van der Waals surface area (Å²) in [4.78, 5) is 37.4. The van der Waals surface area contributed by atoms with Gasteiger partial charge in [0, 0.05) is 32.9 Å². The molecule has 2 fully saturated rings. The quantitative estimate of drug-likeness (QED) is 0.717. The molecule has 0 radical (unpaired) electrons. The van der Waals surface area contributed by atoms with E-state index in [0.717, 1.165) is 37.6 Å². The standard InChI is InChI=1S/C17H23N7O3/c1-21-12-19-24(17(21)26)11-15(25)23-8-9-27-14(10-23)13-4-5-18-16(20-13)22-6-2-3-7-22/h4-5,12,14H,2-3,6-11H2,1H3. The van der Waals surface area contributed by atoms with Crippen LogP contribution in [-0.4, -0.2) is 67.9 Å². The van der Waals surface area contributed by atoms with Crippen molar-refractivity contribution in [1.29, 1.82) is 0 Å². The number of aryl methyl sites for hydroxylation is 1. The van der Waals surface area contributed by atoms with Crippen LogP contribution in [0.2, 0.25) is 0 Å². The number of aromatic nitrogens is 5. The fourth-order valence-electron chi connectivity index (χ4n) is 3.42. The summed E-state index contributed by atoms with van der Waals surface area (Å²) in [7, 11) is 1.61. The lowest BCUT2D eigenvalue weighted by molar-refractivity contribution is -0.140. The average molecular weight is 373 g/mol. The third kappa shape index (κ3) is 3.70. The maximum Gasteiger partial charge on any atom is 0.345 e. The van der Waals surface area contributed by atoms with Crippen molar-refractivity contribution in [2.75, 3.05) is 37.7 Å². The molecule has 0 saturated carbocycles. The van der Waals surface area contributed by atoms with E-state index in [1.807, 2.05) is 6.07 Å². The minimum atomic E-state index is -0.306. The first-order valence-corrected chi connectivity index (χ1v) is 9.17. The molecule has 1 amide bonds. The van der Waals surface area contributed by atoms with Crippen molar-refractivity contribution in [3.8, 4) is 0 Å². The van der Waals surface area contributed by atoms with E-state index < -0.39 is 0 Å². The Morgan fingerprint density at radius 3 is 2.85 bits per heavy atom. The molecule has 1 unspecified atom stereocenters. The lowest BCUT2D eigenvalue weighted by atomic mass is 10.2. The highest BCUT2D eigenvalue weighted by atomic mass is 16.5. The fraction of sp³-hybridized carbons (Fsp3) is 0.588. The van der Waals surface area contributed by atoms with Gasteiger partial charge in [0.05, 0.1) is 18.8 Å². The van der Waals surface area contributed by atoms with Crippen molar-refractivity contribution < 1.29 is 9.53 Å². The predicted molar refractivity (Wildman–Crippen MR) is 96.2 cm³/mol. The summed E-state index contributed by atoms with van der Waals surface area (Å²) >= 11 is 0. The van der Waals surface area contributed by atoms with E-state index in [1.54, 1.807) is 18.1 Å². The third-order valence-electron chi connectivity index (χ3n) is 4.97. The van der Waals surface area contributed by atoms with E-state index in [4.69, 9.17) is 4.74 Å². The van der Waals surface area contributed by atoms with Gasteiger partial charge in [0.15, 0.2) is 0 Å². The van der Waals surface area contributed by atoms with Crippen molar-refractivity contribution in [2.24, 2.45) is 7.05 Å². The highest BCUT2D eigenvalue weighted by molar-refractivity contribution is 5.76. The third-order valence-corrected chi connectivity index (χ3v) is 4.97. The first-order chi connectivity index (χ1) is 13.1. The molecule has 4 heterocycles. The second-order valence-corrected chi connectivity index (χ2v) is 6.86. The van der Waals surface area contributed by atoms with E-state index in [2.05, 4.69) is 20.0 Å². The van der Waals surface area contributed by atoms with Crippen LogP contribution in [-0.2, 0) is 23.1 Å². The lowest BCUT2D eigenvalue weighted by Gasteiger charge is -2.32. The topological polar surface area (TPSA) is 98.4 Å². The molecule has 2 aliphatic rings. The number of nitrogens with zero attached hydrogens (tertiary/aromatic N) is 7. The van der Waals surface area contributed by atoms with E-state index in [9.17, 15) is 9.59 Å². The lowest BCUT2D eigenvalue weighted by Crippen LogP contribution is -2.45. The van der Waals surface area contributed by atoms with Gasteiger partial charge in [0.25, 0.3) is 0 Å². The van der Waals surface area contributed by atoms with E-state index >= 15 is 0 Å². The normalized spacial score (nSPS) is 20.3. The summed E-state index contributed by atoms with van der Waals surface area (Å²) in [5.41, 5.74) is 0.471. The first-order valence-electron chi connectivity index (χ1n) is 9.17. The van der Waals surface area contributed by atoms with Gasteiger partial charge in [0.2, 0.25) is 11.9 Å². The van der Waals surface area contributed by atoms with Crippen molar-refractivity contribution >= 4 is 11.9 Å². The highest BCUT2D eigenvalue weighted by Gasteiger charge is 2.28. The summed E-state index contributed by atoms with van der Waals surface area (Å²) in [6.07, 6.45) is 5.16. The number of rotatable bonds is 4. The molecule has 2 aromatic heterocycles. The smallest absolute Gasteiger partial charge is 0.345 e. The molecular weight excluding hydrogens is 350 g/mol. The van der Waals surface area contributed by atoms with Crippen LogP contribution in [0.3, 0.4) is 0 Å². The zero-order chi connectivity index (χ0) is 18.8. The molecule has 4 rings (SSSR count). The monoisotopic (exact) mass is 373 g/mol. The van der Waals surface area contributed by atoms with Gasteiger partial charge >= 0.3 is 5.69 Å². The van der Waals surface area contributed by atoms with Crippen LogP contribution in [0.15, 0.2) is 23.4 Å². The van der Waals surface area contributed by atoms with Crippen molar-refractivity contribution in [1.82, 2.24) is 29.2 Å². The van der Waals surface area contributed by atoms with Crippen molar-refractivity contribution in [3.63, 3.8) is 0 Å². The van der Waals surface area contributed by atoms with Gasteiger partial charge in [-0.2, -0.15) is 5.10 Å². The minimum absolute atomic E-state index is 0.0742. The van der Waals surface area contributed by atoms with Crippen LogP contribution < -0.4 is 10.6 Å². The molecule has 10 nitrogen and oxygen atoms in total. The maximum atomic E-state index is 12.6. The highest BCUT2D eigenvalue weighted by Crippen LogP contribution is 2.23. The summed E-state index contributed by atoms with van der Waals surface area (Å²) in [5.74, 6) is 0.565. The molecule has 0 N–H and O–H groups in total. The van der Waals surface area contributed by atoms with E-state index in [0.29, 0.717) is 19.7 Å². The molecule has 2 aliphatic heterocycles. The van der Waals surface area contributed by atoms with Crippen LogP contribution in [0.5, 0.6) is 0 Å². The van der Waals surface area contributed by atoms with Gasteiger partial charge in [-0.05, 0) is 18.9 Å². The second kappa shape index (κ2) is 7.47. The number of ether oxygens (including phenoxy) is 1. The Morgan fingerprint density at radius 2 is 2.11 bits per heavy atom. The Morgan fingerprint density at radius 1 is 1.30 bits per heavy atom. The van der Waals surface area contributed by atoms with Crippen LogP contribution in [0.4, 0.5) is 5.95 Å². The molecule has 27 heavy (non-hydrogen) atoms. The summed E-state index contributed by atoms with van der Waals surface area (Å²) in [6, 6.07) is 1.83.